The first kappa shape index (κ1) is 23.1. The lowest BCUT2D eigenvalue weighted by molar-refractivity contribution is -0.139. The molecule has 5 heteroatoms. The number of amides is 1. The number of carbonyl (C=O) groups is 2. The average Bonchev–Trinajstić information content (AvgIpc) is 2.82. The molecule has 0 aliphatic rings. The maximum absolute atomic E-state index is 12.3. The number of aliphatic carboxylic acids is 1. The van der Waals surface area contributed by atoms with Crippen LogP contribution in [0.1, 0.15) is 41.9 Å². The molecule has 3 aromatic rings. The SMILES string of the molecule is O=C(O)COc1cccc(CCCC(=O)NCCC(c2ccccc2)c2ccccc2)c1. The minimum Gasteiger partial charge on any atom is -0.482 e. The predicted octanol–water partition coefficient (Wildman–Crippen LogP) is 4.81. The summed E-state index contributed by atoms with van der Waals surface area (Å²) in [5, 5.41) is 11.8. The Morgan fingerprint density at radius 1 is 0.875 bits per heavy atom. The number of hydrogen-bond acceptors (Lipinski definition) is 3. The summed E-state index contributed by atoms with van der Waals surface area (Å²) in [7, 11) is 0. The third-order valence-electron chi connectivity index (χ3n) is 5.29. The lowest BCUT2D eigenvalue weighted by Crippen LogP contribution is -2.25. The van der Waals surface area contributed by atoms with Gasteiger partial charge in [0.15, 0.2) is 6.61 Å². The highest BCUT2D eigenvalue weighted by Gasteiger charge is 2.14. The lowest BCUT2D eigenvalue weighted by Gasteiger charge is -2.18. The molecule has 3 rings (SSSR count). The summed E-state index contributed by atoms with van der Waals surface area (Å²) < 4.78 is 5.21. The molecule has 0 spiro atoms. The van der Waals surface area contributed by atoms with Crippen molar-refractivity contribution in [2.75, 3.05) is 13.2 Å². The van der Waals surface area contributed by atoms with Gasteiger partial charge >= 0.3 is 5.97 Å². The molecule has 3 aromatic carbocycles. The average molecular weight is 432 g/mol. The normalized spacial score (nSPS) is 10.7. The molecule has 5 nitrogen and oxygen atoms in total. The van der Waals surface area contributed by atoms with Gasteiger partial charge in [0.2, 0.25) is 5.91 Å². The Morgan fingerprint density at radius 2 is 1.53 bits per heavy atom. The number of carboxylic acid groups (broad SMARTS) is 1. The Morgan fingerprint density at radius 3 is 2.16 bits per heavy atom. The van der Waals surface area contributed by atoms with Gasteiger partial charge in [-0.2, -0.15) is 0 Å². The van der Waals surface area contributed by atoms with E-state index in [-0.39, 0.29) is 18.4 Å². The molecule has 0 fully saturated rings. The molecule has 0 bridgehead atoms. The van der Waals surface area contributed by atoms with Crippen molar-refractivity contribution >= 4 is 11.9 Å². The zero-order valence-electron chi connectivity index (χ0n) is 18.1. The summed E-state index contributed by atoms with van der Waals surface area (Å²) >= 11 is 0. The van der Waals surface area contributed by atoms with E-state index in [2.05, 4.69) is 29.6 Å². The second-order valence-corrected chi connectivity index (χ2v) is 7.70. The van der Waals surface area contributed by atoms with E-state index in [9.17, 15) is 9.59 Å². The Bertz CT molecular complexity index is 949. The summed E-state index contributed by atoms with van der Waals surface area (Å²) in [4.78, 5) is 23.0. The number of carbonyl (C=O) groups excluding carboxylic acids is 1. The van der Waals surface area contributed by atoms with Gasteiger partial charge < -0.3 is 15.2 Å². The molecule has 0 atom stereocenters. The minimum absolute atomic E-state index is 0.0446. The van der Waals surface area contributed by atoms with E-state index in [0.717, 1.165) is 24.8 Å². The minimum atomic E-state index is -1.01. The molecule has 0 aliphatic carbocycles. The van der Waals surface area contributed by atoms with Crippen LogP contribution in [0.15, 0.2) is 84.9 Å². The van der Waals surface area contributed by atoms with Crippen LogP contribution >= 0.6 is 0 Å². The summed E-state index contributed by atoms with van der Waals surface area (Å²) in [5.74, 6) is -0.189. The van der Waals surface area contributed by atoms with Crippen molar-refractivity contribution < 1.29 is 19.4 Å². The van der Waals surface area contributed by atoms with Gasteiger partial charge in [-0.1, -0.05) is 72.8 Å². The van der Waals surface area contributed by atoms with Crippen molar-refractivity contribution in [1.29, 1.82) is 0 Å². The summed E-state index contributed by atoms with van der Waals surface area (Å²) in [6.45, 7) is 0.255. The molecule has 0 saturated carbocycles. The zero-order chi connectivity index (χ0) is 22.6. The van der Waals surface area contributed by atoms with E-state index >= 15 is 0 Å². The molecular formula is C27H29NO4. The number of hydrogen-bond donors (Lipinski definition) is 2. The second-order valence-electron chi connectivity index (χ2n) is 7.70. The largest absolute Gasteiger partial charge is 0.482 e. The third kappa shape index (κ3) is 7.58. The molecule has 2 N–H and O–H groups in total. The van der Waals surface area contributed by atoms with Crippen LogP contribution in [-0.4, -0.2) is 30.1 Å². The summed E-state index contributed by atoms with van der Waals surface area (Å²) in [6.07, 6.45) is 2.73. The van der Waals surface area contributed by atoms with E-state index < -0.39 is 5.97 Å². The van der Waals surface area contributed by atoms with E-state index in [1.54, 1.807) is 6.07 Å². The monoisotopic (exact) mass is 431 g/mol. The van der Waals surface area contributed by atoms with Crippen molar-refractivity contribution in [2.45, 2.75) is 31.6 Å². The van der Waals surface area contributed by atoms with Crippen LogP contribution in [0.2, 0.25) is 0 Å². The first-order chi connectivity index (χ1) is 15.6. The van der Waals surface area contributed by atoms with E-state index in [1.165, 1.54) is 11.1 Å². The highest BCUT2D eigenvalue weighted by atomic mass is 16.5. The fraction of sp³-hybridized carbons (Fsp3) is 0.259. The molecule has 0 unspecified atom stereocenters. The van der Waals surface area contributed by atoms with Gasteiger partial charge in [-0.25, -0.2) is 4.79 Å². The Hall–Kier alpha value is -3.60. The highest BCUT2D eigenvalue weighted by Crippen LogP contribution is 2.27. The number of nitrogens with one attached hydrogen (secondary N) is 1. The molecule has 32 heavy (non-hydrogen) atoms. The van der Waals surface area contributed by atoms with Crippen LogP contribution in [0.5, 0.6) is 5.75 Å². The van der Waals surface area contributed by atoms with Crippen LogP contribution in [0, 0.1) is 0 Å². The fourth-order valence-corrected chi connectivity index (χ4v) is 3.73. The van der Waals surface area contributed by atoms with Crippen LogP contribution < -0.4 is 10.1 Å². The van der Waals surface area contributed by atoms with Crippen molar-refractivity contribution in [1.82, 2.24) is 5.32 Å². The molecule has 1 amide bonds. The number of carboxylic acids is 1. The standard InChI is InChI=1S/C27H29NO4/c29-26(16-8-10-21-9-7-15-24(19-21)32-20-27(30)31)28-18-17-25(22-11-3-1-4-12-22)23-13-5-2-6-14-23/h1-7,9,11-15,19,25H,8,10,16-18,20H2,(H,28,29)(H,30,31). The second kappa shape index (κ2) is 12.3. The van der Waals surface area contributed by atoms with Gasteiger partial charge in [0.05, 0.1) is 0 Å². The van der Waals surface area contributed by atoms with Gasteiger partial charge in [-0.05, 0) is 48.1 Å². The van der Waals surface area contributed by atoms with Crippen molar-refractivity contribution in [3.8, 4) is 5.75 Å². The Kier molecular flexibility index (Phi) is 8.87. The van der Waals surface area contributed by atoms with Crippen molar-refractivity contribution in [3.63, 3.8) is 0 Å². The third-order valence-corrected chi connectivity index (χ3v) is 5.29. The Balaban J connectivity index is 1.44. The number of aryl methyl sites for hydroxylation is 1. The smallest absolute Gasteiger partial charge is 0.341 e. The first-order valence-corrected chi connectivity index (χ1v) is 10.9. The van der Waals surface area contributed by atoms with Gasteiger partial charge in [0.1, 0.15) is 5.75 Å². The summed E-state index contributed by atoms with van der Waals surface area (Å²) in [5.41, 5.74) is 3.52. The maximum atomic E-state index is 12.3. The topological polar surface area (TPSA) is 75.6 Å². The first-order valence-electron chi connectivity index (χ1n) is 10.9. The Labute approximate surface area is 189 Å². The van der Waals surface area contributed by atoms with Crippen LogP contribution in [-0.2, 0) is 16.0 Å². The molecule has 0 heterocycles. The predicted molar refractivity (Wildman–Crippen MR) is 125 cm³/mol. The summed E-state index contributed by atoms with van der Waals surface area (Å²) in [6, 6.07) is 28.1. The van der Waals surface area contributed by atoms with Gasteiger partial charge in [-0.15, -0.1) is 0 Å². The number of rotatable bonds is 12. The molecule has 0 aromatic heterocycles. The lowest BCUT2D eigenvalue weighted by atomic mass is 9.88. The highest BCUT2D eigenvalue weighted by molar-refractivity contribution is 5.75. The zero-order valence-corrected chi connectivity index (χ0v) is 18.1. The molecule has 0 saturated heterocycles. The van der Waals surface area contributed by atoms with Crippen LogP contribution in [0.3, 0.4) is 0 Å². The van der Waals surface area contributed by atoms with Gasteiger partial charge in [0.25, 0.3) is 0 Å². The molecular weight excluding hydrogens is 402 g/mol. The van der Waals surface area contributed by atoms with Crippen LogP contribution in [0.25, 0.3) is 0 Å². The number of ether oxygens (including phenoxy) is 1. The van der Waals surface area contributed by atoms with Crippen molar-refractivity contribution in [3.05, 3.63) is 102 Å². The number of benzene rings is 3. The van der Waals surface area contributed by atoms with Crippen LogP contribution in [0.4, 0.5) is 0 Å². The molecule has 0 radical (unpaired) electrons. The fourth-order valence-electron chi connectivity index (χ4n) is 3.73. The van der Waals surface area contributed by atoms with Gasteiger partial charge in [-0.3, -0.25) is 4.79 Å². The molecule has 0 aliphatic heterocycles. The van der Waals surface area contributed by atoms with Gasteiger partial charge in [0, 0.05) is 18.9 Å². The quantitative estimate of drug-likeness (QED) is 0.431. The van der Waals surface area contributed by atoms with E-state index in [1.807, 2.05) is 54.6 Å². The van der Waals surface area contributed by atoms with E-state index in [4.69, 9.17) is 9.84 Å². The van der Waals surface area contributed by atoms with E-state index in [0.29, 0.717) is 18.7 Å². The maximum Gasteiger partial charge on any atom is 0.341 e. The van der Waals surface area contributed by atoms with Crippen molar-refractivity contribution in [2.24, 2.45) is 0 Å². The molecule has 166 valence electrons.